The van der Waals surface area contributed by atoms with Gasteiger partial charge in [-0.1, -0.05) is 18.2 Å². The molecular formula is C20H22N2O3S. The van der Waals surface area contributed by atoms with Gasteiger partial charge in [-0.05, 0) is 47.7 Å². The molecule has 5 nitrogen and oxygen atoms in total. The van der Waals surface area contributed by atoms with Crippen LogP contribution in [-0.2, 0) is 19.5 Å². The van der Waals surface area contributed by atoms with Crippen LogP contribution in [0.4, 0.5) is 4.79 Å². The van der Waals surface area contributed by atoms with E-state index in [-0.39, 0.29) is 6.03 Å². The predicted octanol–water partition coefficient (Wildman–Crippen LogP) is 4.30. The molecule has 0 saturated heterocycles. The lowest BCUT2D eigenvalue weighted by molar-refractivity contribution is 0.190. The van der Waals surface area contributed by atoms with Gasteiger partial charge in [-0.3, -0.25) is 0 Å². The number of amides is 2. The van der Waals surface area contributed by atoms with Crippen molar-refractivity contribution in [2.45, 2.75) is 19.5 Å². The average Bonchev–Trinajstić information content (AvgIpc) is 3.37. The van der Waals surface area contributed by atoms with Crippen molar-refractivity contribution >= 4 is 17.4 Å². The molecular weight excluding hydrogens is 348 g/mol. The van der Waals surface area contributed by atoms with Crippen molar-refractivity contribution < 1.29 is 13.9 Å². The third kappa shape index (κ3) is 5.13. The van der Waals surface area contributed by atoms with Crippen LogP contribution in [0.3, 0.4) is 0 Å². The molecule has 3 aromatic rings. The molecule has 0 saturated carbocycles. The Hall–Kier alpha value is -2.73. The molecule has 2 amide bonds. The largest absolute Gasteiger partial charge is 0.497 e. The number of urea groups is 1. The van der Waals surface area contributed by atoms with Gasteiger partial charge in [-0.25, -0.2) is 4.79 Å². The minimum Gasteiger partial charge on any atom is -0.497 e. The van der Waals surface area contributed by atoms with Crippen LogP contribution >= 0.6 is 11.3 Å². The van der Waals surface area contributed by atoms with Crippen LogP contribution in [0.15, 0.2) is 64.6 Å². The molecule has 1 N–H and O–H groups in total. The normalized spacial score (nSPS) is 10.5. The summed E-state index contributed by atoms with van der Waals surface area (Å²) in [5.74, 6) is 1.58. The molecule has 3 rings (SSSR count). The summed E-state index contributed by atoms with van der Waals surface area (Å²) in [5, 5.41) is 5.04. The van der Waals surface area contributed by atoms with Gasteiger partial charge in [0.25, 0.3) is 0 Å². The molecule has 136 valence electrons. The molecule has 1 aromatic carbocycles. The lowest BCUT2D eigenvalue weighted by atomic mass is 10.2. The zero-order chi connectivity index (χ0) is 18.2. The van der Waals surface area contributed by atoms with Gasteiger partial charge in [0, 0.05) is 18.0 Å². The van der Waals surface area contributed by atoms with E-state index >= 15 is 0 Å². The number of methoxy groups -OCH3 is 1. The van der Waals surface area contributed by atoms with E-state index < -0.39 is 0 Å². The van der Waals surface area contributed by atoms with E-state index in [0.29, 0.717) is 19.6 Å². The van der Waals surface area contributed by atoms with Crippen molar-refractivity contribution in [3.8, 4) is 5.75 Å². The Balaban J connectivity index is 1.59. The van der Waals surface area contributed by atoms with Gasteiger partial charge < -0.3 is 19.4 Å². The zero-order valence-corrected chi connectivity index (χ0v) is 15.5. The molecule has 0 unspecified atom stereocenters. The number of nitrogens with one attached hydrogen (secondary N) is 1. The first-order valence-electron chi connectivity index (χ1n) is 8.45. The third-order valence-corrected chi connectivity index (χ3v) is 4.96. The number of ether oxygens (including phenoxy) is 1. The Morgan fingerprint density at radius 1 is 1.19 bits per heavy atom. The van der Waals surface area contributed by atoms with Gasteiger partial charge in [0.2, 0.25) is 0 Å². The number of carbonyl (C=O) groups excluding carboxylic acids is 1. The highest BCUT2D eigenvalue weighted by Gasteiger charge is 2.15. The Morgan fingerprint density at radius 3 is 2.69 bits per heavy atom. The maximum atomic E-state index is 12.7. The number of thiophene rings is 1. The highest BCUT2D eigenvalue weighted by molar-refractivity contribution is 7.09. The highest BCUT2D eigenvalue weighted by Crippen LogP contribution is 2.13. The van der Waals surface area contributed by atoms with Gasteiger partial charge in [0.05, 0.1) is 19.9 Å². The first kappa shape index (κ1) is 18.1. The number of nitrogens with zero attached hydrogens (tertiary/aromatic N) is 1. The van der Waals surface area contributed by atoms with E-state index in [9.17, 15) is 4.79 Å². The van der Waals surface area contributed by atoms with Crippen molar-refractivity contribution in [3.05, 3.63) is 76.4 Å². The zero-order valence-electron chi connectivity index (χ0n) is 14.7. The molecule has 2 heterocycles. The van der Waals surface area contributed by atoms with E-state index in [1.807, 2.05) is 42.5 Å². The standard InChI is InChI=1S/C20H22N2O3S/c1-24-17-8-6-16(7-9-17)14-21-20(23)22(15-18-4-2-12-25-18)11-10-19-5-3-13-26-19/h2-9,12-13H,10-11,14-15H2,1H3,(H,21,23). The topological polar surface area (TPSA) is 54.7 Å². The van der Waals surface area contributed by atoms with Crippen molar-refractivity contribution in [3.63, 3.8) is 0 Å². The van der Waals surface area contributed by atoms with Crippen LogP contribution in [0.2, 0.25) is 0 Å². The van der Waals surface area contributed by atoms with E-state index in [4.69, 9.17) is 9.15 Å². The van der Waals surface area contributed by atoms with Crippen LogP contribution in [-0.4, -0.2) is 24.6 Å². The first-order valence-corrected chi connectivity index (χ1v) is 9.33. The first-order chi connectivity index (χ1) is 12.7. The van der Waals surface area contributed by atoms with Gasteiger partial charge in [-0.2, -0.15) is 0 Å². The summed E-state index contributed by atoms with van der Waals surface area (Å²) in [5.41, 5.74) is 1.02. The van der Waals surface area contributed by atoms with Crippen LogP contribution < -0.4 is 10.1 Å². The molecule has 0 aliphatic heterocycles. The molecule has 0 bridgehead atoms. The fourth-order valence-electron chi connectivity index (χ4n) is 2.58. The number of hydrogen-bond donors (Lipinski definition) is 1. The fraction of sp³-hybridized carbons (Fsp3) is 0.250. The number of carbonyl (C=O) groups is 1. The molecule has 2 aromatic heterocycles. The van der Waals surface area contributed by atoms with Crippen molar-refractivity contribution in [1.82, 2.24) is 10.2 Å². The predicted molar refractivity (Wildman–Crippen MR) is 102 cm³/mol. The molecule has 0 aliphatic carbocycles. The van der Waals surface area contributed by atoms with E-state index in [2.05, 4.69) is 16.8 Å². The van der Waals surface area contributed by atoms with Gasteiger partial charge in [0.15, 0.2) is 0 Å². The van der Waals surface area contributed by atoms with Gasteiger partial charge in [0.1, 0.15) is 11.5 Å². The fourth-order valence-corrected chi connectivity index (χ4v) is 3.27. The van der Waals surface area contributed by atoms with Crippen molar-refractivity contribution in [2.24, 2.45) is 0 Å². The van der Waals surface area contributed by atoms with Crippen molar-refractivity contribution in [2.75, 3.05) is 13.7 Å². The summed E-state index contributed by atoms with van der Waals surface area (Å²) in [7, 11) is 1.64. The molecule has 26 heavy (non-hydrogen) atoms. The summed E-state index contributed by atoms with van der Waals surface area (Å²) in [6, 6.07) is 15.4. The maximum Gasteiger partial charge on any atom is 0.318 e. The summed E-state index contributed by atoms with van der Waals surface area (Å²) in [6.07, 6.45) is 2.45. The molecule has 0 radical (unpaired) electrons. The molecule has 0 atom stereocenters. The van der Waals surface area contributed by atoms with Gasteiger partial charge >= 0.3 is 6.03 Å². The second-order valence-electron chi connectivity index (χ2n) is 5.84. The number of rotatable bonds is 8. The smallest absolute Gasteiger partial charge is 0.318 e. The summed E-state index contributed by atoms with van der Waals surface area (Å²) in [4.78, 5) is 15.7. The van der Waals surface area contributed by atoms with E-state index in [0.717, 1.165) is 23.5 Å². The number of hydrogen-bond acceptors (Lipinski definition) is 4. The lowest BCUT2D eigenvalue weighted by Crippen LogP contribution is -2.40. The highest BCUT2D eigenvalue weighted by atomic mass is 32.1. The molecule has 6 heteroatoms. The number of furan rings is 1. The molecule has 0 fully saturated rings. The summed E-state index contributed by atoms with van der Waals surface area (Å²) >= 11 is 1.70. The van der Waals surface area contributed by atoms with Crippen LogP contribution in [0.25, 0.3) is 0 Å². The lowest BCUT2D eigenvalue weighted by Gasteiger charge is -2.22. The Kier molecular flexibility index (Phi) is 6.33. The maximum absolute atomic E-state index is 12.7. The summed E-state index contributed by atoms with van der Waals surface area (Å²) in [6.45, 7) is 1.55. The SMILES string of the molecule is COc1ccc(CNC(=O)N(CCc2cccs2)Cc2ccco2)cc1. The monoisotopic (exact) mass is 370 g/mol. The molecule has 0 aliphatic rings. The van der Waals surface area contributed by atoms with Crippen LogP contribution in [0, 0.1) is 0 Å². The van der Waals surface area contributed by atoms with E-state index in [1.54, 1.807) is 29.6 Å². The van der Waals surface area contributed by atoms with Crippen LogP contribution in [0.1, 0.15) is 16.2 Å². The molecule has 0 spiro atoms. The Labute approximate surface area is 157 Å². The van der Waals surface area contributed by atoms with Gasteiger partial charge in [-0.15, -0.1) is 11.3 Å². The number of benzene rings is 1. The second-order valence-corrected chi connectivity index (χ2v) is 6.87. The summed E-state index contributed by atoms with van der Waals surface area (Å²) < 4.78 is 10.6. The second kappa shape index (κ2) is 9.10. The quantitative estimate of drug-likeness (QED) is 0.643. The average molecular weight is 370 g/mol. The van der Waals surface area contributed by atoms with Crippen molar-refractivity contribution in [1.29, 1.82) is 0 Å². The Morgan fingerprint density at radius 2 is 2.04 bits per heavy atom. The van der Waals surface area contributed by atoms with Crippen LogP contribution in [0.5, 0.6) is 5.75 Å². The Bertz CT molecular complexity index is 783. The third-order valence-electron chi connectivity index (χ3n) is 4.03. The minimum absolute atomic E-state index is 0.103. The minimum atomic E-state index is -0.103. The van der Waals surface area contributed by atoms with E-state index in [1.165, 1.54) is 4.88 Å².